The Labute approximate surface area is 174 Å². The second kappa shape index (κ2) is 22.2. The van der Waals surface area contributed by atoms with Crippen LogP contribution in [0, 0.1) is 0 Å². The fourth-order valence-corrected chi connectivity index (χ4v) is 3.47. The Morgan fingerprint density at radius 3 is 2.41 bits per heavy atom. The topological polar surface area (TPSA) is 18.5 Å². The zero-order chi connectivity index (χ0) is 20.0. The molecule has 2 nitrogen and oxygen atoms in total. The van der Waals surface area contributed by atoms with Crippen molar-refractivity contribution in [3.63, 3.8) is 0 Å². The van der Waals surface area contributed by atoms with E-state index in [0.717, 1.165) is 19.3 Å². The molecule has 0 fully saturated rings. The summed E-state index contributed by atoms with van der Waals surface area (Å²) in [5, 5.41) is 0. The molecule has 5 atom stereocenters. The highest BCUT2D eigenvalue weighted by molar-refractivity contribution is 8.00. The lowest BCUT2D eigenvalue weighted by atomic mass is 10.1. The van der Waals surface area contributed by atoms with Gasteiger partial charge in [0.05, 0.1) is 12.2 Å². The van der Waals surface area contributed by atoms with Crippen molar-refractivity contribution in [1.29, 1.82) is 0 Å². The monoisotopic (exact) mass is 428 g/mol. The van der Waals surface area contributed by atoms with E-state index in [1.54, 1.807) is 0 Å². The number of unbranched alkanes of at least 4 members (excludes halogenated alkanes) is 4. The number of hydrogen-bond acceptors (Lipinski definition) is 2. The number of hydrogen-bond donors (Lipinski definition) is 0. The van der Waals surface area contributed by atoms with Gasteiger partial charge in [-0.05, 0) is 39.0 Å². The van der Waals surface area contributed by atoms with Crippen LogP contribution < -0.4 is 0 Å². The van der Waals surface area contributed by atoms with Gasteiger partial charge in [0.1, 0.15) is 0 Å². The molecule has 0 saturated heterocycles. The van der Waals surface area contributed by atoms with Crippen molar-refractivity contribution in [2.45, 2.75) is 77.4 Å². The molecule has 0 saturated carbocycles. The van der Waals surface area contributed by atoms with Gasteiger partial charge in [-0.3, -0.25) is 0 Å². The fourth-order valence-electron chi connectivity index (χ4n) is 2.33. The van der Waals surface area contributed by atoms with Gasteiger partial charge in [-0.2, -0.15) is 0 Å². The van der Waals surface area contributed by atoms with Gasteiger partial charge in [0.25, 0.3) is 0 Å². The Kier molecular flexibility index (Phi) is 22.1. The largest absolute Gasteiger partial charge is 0.358 e. The summed E-state index contributed by atoms with van der Waals surface area (Å²) in [7, 11) is 5.41. The maximum absolute atomic E-state index is 5.45. The average molecular weight is 428 g/mol. The Hall–Kier alpha value is -0.0900. The number of rotatable bonds is 17. The van der Waals surface area contributed by atoms with Crippen molar-refractivity contribution >= 4 is 26.9 Å². The minimum absolute atomic E-state index is 0.0922. The molecule has 0 rings (SSSR count). The van der Waals surface area contributed by atoms with Crippen LogP contribution in [0.5, 0.6) is 0 Å². The van der Waals surface area contributed by atoms with Gasteiger partial charge in [-0.25, -0.2) is 0 Å². The summed E-state index contributed by atoms with van der Waals surface area (Å²) in [6, 6.07) is 0. The van der Waals surface area contributed by atoms with Gasteiger partial charge in [-0.15, -0.1) is 0 Å². The molecule has 0 spiro atoms. The van der Waals surface area contributed by atoms with E-state index in [4.69, 9.17) is 9.05 Å². The van der Waals surface area contributed by atoms with E-state index in [9.17, 15) is 0 Å². The first-order valence-corrected chi connectivity index (χ1v) is 13.2. The maximum Gasteiger partial charge on any atom is 0.0828 e. The molecule has 0 aliphatic rings. The normalized spacial score (nSPS) is 15.7. The van der Waals surface area contributed by atoms with E-state index in [-0.39, 0.29) is 12.2 Å². The van der Waals surface area contributed by atoms with E-state index in [2.05, 4.69) is 93.0 Å². The SMILES string of the molecule is CCCCCCC=CCC=CC=CC(CC=CCC=CC(C)OPP)OP. The smallest absolute Gasteiger partial charge is 0.0828 e. The number of allylic oxidation sites excluding steroid dienone is 7. The summed E-state index contributed by atoms with van der Waals surface area (Å²) in [6.45, 7) is 4.30. The third kappa shape index (κ3) is 20.5. The van der Waals surface area contributed by atoms with E-state index < -0.39 is 0 Å². The average Bonchev–Trinajstić information content (AvgIpc) is 2.67. The third-order valence-electron chi connectivity index (χ3n) is 3.88. The molecule has 0 aromatic carbocycles. The van der Waals surface area contributed by atoms with Crippen LogP contribution in [-0.4, -0.2) is 12.2 Å². The Morgan fingerprint density at radius 1 is 0.889 bits per heavy atom. The maximum atomic E-state index is 5.45. The molecule has 0 bridgehead atoms. The molecule has 5 unspecified atom stereocenters. The highest BCUT2D eigenvalue weighted by atomic mass is 32.0. The minimum Gasteiger partial charge on any atom is -0.358 e. The molecule has 0 aliphatic heterocycles. The summed E-state index contributed by atoms with van der Waals surface area (Å²) < 4.78 is 10.9. The molecule has 0 amide bonds. The lowest BCUT2D eigenvalue weighted by Gasteiger charge is -2.06. The van der Waals surface area contributed by atoms with E-state index in [0.29, 0.717) is 8.50 Å². The Bertz CT molecular complexity index is 456. The zero-order valence-electron chi connectivity index (χ0n) is 17.1. The summed E-state index contributed by atoms with van der Waals surface area (Å²) in [5.41, 5.74) is 0. The molecule has 0 heterocycles. The predicted molar refractivity (Wildman–Crippen MR) is 131 cm³/mol. The summed E-state index contributed by atoms with van der Waals surface area (Å²) in [4.78, 5) is 0. The molecule has 0 N–H and O–H groups in total. The second-order valence-electron chi connectivity index (χ2n) is 6.36. The van der Waals surface area contributed by atoms with Crippen LogP contribution in [0.4, 0.5) is 0 Å². The first-order valence-electron chi connectivity index (χ1n) is 10.0. The summed E-state index contributed by atoms with van der Waals surface area (Å²) >= 11 is 0. The van der Waals surface area contributed by atoms with Crippen molar-refractivity contribution in [3.8, 4) is 0 Å². The lowest BCUT2D eigenvalue weighted by Crippen LogP contribution is -2.00. The molecule has 5 heteroatoms. The van der Waals surface area contributed by atoms with Crippen LogP contribution in [-0.2, 0) is 9.05 Å². The van der Waals surface area contributed by atoms with Gasteiger partial charge in [-0.1, -0.05) is 95.9 Å². The Balaban J connectivity index is 3.88. The first-order chi connectivity index (χ1) is 13.2. The van der Waals surface area contributed by atoms with Gasteiger partial charge in [0.2, 0.25) is 0 Å². The predicted octanol–water partition coefficient (Wildman–Crippen LogP) is 7.87. The van der Waals surface area contributed by atoms with Crippen molar-refractivity contribution < 1.29 is 9.05 Å². The van der Waals surface area contributed by atoms with Crippen LogP contribution in [0.3, 0.4) is 0 Å². The highest BCUT2D eigenvalue weighted by Gasteiger charge is 1.98. The second-order valence-corrected chi connectivity index (χ2v) is 7.81. The van der Waals surface area contributed by atoms with Crippen molar-refractivity contribution in [2.24, 2.45) is 0 Å². The summed E-state index contributed by atoms with van der Waals surface area (Å²) in [5.74, 6) is 0. The molecule has 0 radical (unpaired) electrons. The minimum atomic E-state index is 0.0922. The van der Waals surface area contributed by atoms with Gasteiger partial charge in [0, 0.05) is 18.0 Å². The van der Waals surface area contributed by atoms with Crippen molar-refractivity contribution in [2.75, 3.05) is 0 Å². The zero-order valence-corrected chi connectivity index (χ0v) is 20.4. The quantitative estimate of drug-likeness (QED) is 0.102. The van der Waals surface area contributed by atoms with E-state index in [1.807, 2.05) is 0 Å². The fraction of sp³-hybridized carbons (Fsp3) is 0.545. The molecule has 27 heavy (non-hydrogen) atoms. The molecular weight excluding hydrogens is 389 g/mol. The van der Waals surface area contributed by atoms with Gasteiger partial charge in [0.15, 0.2) is 0 Å². The highest BCUT2D eigenvalue weighted by Crippen LogP contribution is 2.23. The van der Waals surface area contributed by atoms with E-state index in [1.165, 1.54) is 32.1 Å². The van der Waals surface area contributed by atoms with Crippen LogP contribution in [0.1, 0.15) is 65.2 Å². The van der Waals surface area contributed by atoms with Crippen molar-refractivity contribution in [3.05, 3.63) is 60.8 Å². The molecule has 154 valence electrons. The van der Waals surface area contributed by atoms with Crippen LogP contribution in [0.2, 0.25) is 0 Å². The molecular formula is C22H39O2P3. The standard InChI is InChI=1S/C22H39O2P3/c1-3-4-5-6-7-8-9-10-11-12-16-19-22(23-25)20-17-14-13-15-18-21(2)24-27-26/h8-9,11-12,14-19,21-22,27H,3-7,10,13,20,25-26H2,1-2H3. The van der Waals surface area contributed by atoms with Crippen LogP contribution in [0.15, 0.2) is 60.8 Å². The van der Waals surface area contributed by atoms with E-state index >= 15 is 0 Å². The summed E-state index contributed by atoms with van der Waals surface area (Å²) in [6.07, 6.45) is 31.1. The van der Waals surface area contributed by atoms with Gasteiger partial charge < -0.3 is 9.05 Å². The van der Waals surface area contributed by atoms with Crippen LogP contribution in [0.25, 0.3) is 0 Å². The van der Waals surface area contributed by atoms with Crippen LogP contribution >= 0.6 is 26.9 Å². The van der Waals surface area contributed by atoms with Gasteiger partial charge >= 0.3 is 0 Å². The first kappa shape index (κ1) is 26.9. The molecule has 0 aromatic rings. The third-order valence-corrected chi connectivity index (χ3v) is 5.14. The van der Waals surface area contributed by atoms with Crippen molar-refractivity contribution in [1.82, 2.24) is 0 Å². The molecule has 0 aliphatic carbocycles. The lowest BCUT2D eigenvalue weighted by molar-refractivity contribution is 0.298. The molecule has 0 aromatic heterocycles. The Morgan fingerprint density at radius 2 is 1.67 bits per heavy atom.